The molecule has 0 unspecified atom stereocenters. The number of likely N-dealkylation sites (tertiary alicyclic amines) is 1. The molecule has 0 aromatic heterocycles. The van der Waals surface area contributed by atoms with E-state index in [1.807, 2.05) is 6.92 Å². The molecule has 3 N–H and O–H groups in total. The monoisotopic (exact) mass is 554 g/mol. The minimum absolute atomic E-state index is 0.0528. The predicted molar refractivity (Wildman–Crippen MR) is 121 cm³/mol. The van der Waals surface area contributed by atoms with Crippen LogP contribution in [-0.4, -0.2) is 85.2 Å². The van der Waals surface area contributed by atoms with Crippen molar-refractivity contribution < 1.29 is 24.0 Å². The van der Waals surface area contributed by atoms with Crippen LogP contribution in [0.4, 0.5) is 4.79 Å². The summed E-state index contributed by atoms with van der Waals surface area (Å²) in [5, 5.41) is 7.77. The fraction of sp³-hybridized carbons (Fsp3) is 0.682. The van der Waals surface area contributed by atoms with Gasteiger partial charge in [0, 0.05) is 6.54 Å². The maximum absolute atomic E-state index is 13.1. The summed E-state index contributed by atoms with van der Waals surface area (Å²) in [4.78, 5) is 63.2. The Morgan fingerprint density at radius 2 is 1.78 bits per heavy atom. The molecule has 0 aromatic carbocycles. The Hall–Kier alpha value is -1.91. The molecule has 2 atom stereocenters. The summed E-state index contributed by atoms with van der Waals surface area (Å²) in [6.45, 7) is 5.47. The van der Waals surface area contributed by atoms with Crippen LogP contribution in [0.3, 0.4) is 0 Å². The van der Waals surface area contributed by atoms with Crippen LogP contribution in [0.15, 0.2) is 12.7 Å². The van der Waals surface area contributed by atoms with Gasteiger partial charge in [-0.2, -0.15) is 0 Å². The number of nitrogens with zero attached hydrogens (tertiary/aromatic N) is 1. The van der Waals surface area contributed by atoms with Gasteiger partial charge in [0.25, 0.3) is 0 Å². The molecule has 1 saturated carbocycles. The van der Waals surface area contributed by atoms with E-state index in [2.05, 4.69) is 22.5 Å². The predicted octanol–water partition coefficient (Wildman–Crippen LogP) is 0.910. The number of hydrogen-bond donors (Lipinski definition) is 3. The number of hydrogen-bond acceptors (Lipinski definition) is 5. The van der Waals surface area contributed by atoms with E-state index in [0.717, 1.165) is 12.8 Å². The Morgan fingerprint density at radius 1 is 1.06 bits per heavy atom. The quantitative estimate of drug-likeness (QED) is 0.200. The summed E-state index contributed by atoms with van der Waals surface area (Å²) in [5.41, 5.74) is 0. The van der Waals surface area contributed by atoms with Crippen molar-refractivity contribution in [2.75, 3.05) is 19.6 Å². The van der Waals surface area contributed by atoms with Crippen LogP contribution < -0.4 is 16.0 Å². The van der Waals surface area contributed by atoms with Crippen molar-refractivity contribution in [3.63, 3.8) is 0 Å². The molecule has 2 rings (SSSR count). The molecule has 1 heterocycles. The minimum atomic E-state index is -1.27. The molecule has 1 aliphatic carbocycles. The zero-order chi connectivity index (χ0) is 23.5. The van der Waals surface area contributed by atoms with Gasteiger partial charge in [0.2, 0.25) is 0 Å². The number of carbonyl (C=O) groups is 5. The Labute approximate surface area is 199 Å². The number of amides is 4. The van der Waals surface area contributed by atoms with Gasteiger partial charge in [0.1, 0.15) is 0 Å². The van der Waals surface area contributed by atoms with E-state index in [4.69, 9.17) is 0 Å². The van der Waals surface area contributed by atoms with E-state index >= 15 is 0 Å². The molecule has 0 bridgehead atoms. The summed E-state index contributed by atoms with van der Waals surface area (Å²) in [6, 6.07) is -1.33. The van der Waals surface area contributed by atoms with Crippen LogP contribution in [0.25, 0.3) is 0 Å². The fourth-order valence-electron chi connectivity index (χ4n) is 4.10. The average molecular weight is 553 g/mol. The van der Waals surface area contributed by atoms with Crippen molar-refractivity contribution in [2.24, 2.45) is 0 Å². The first kappa shape index (κ1) is 26.3. The van der Waals surface area contributed by atoms with Crippen molar-refractivity contribution in [1.82, 2.24) is 20.9 Å². The van der Waals surface area contributed by atoms with E-state index in [1.54, 1.807) is 0 Å². The Balaban J connectivity index is 1.87. The molecule has 2 aliphatic rings. The first-order valence-corrected chi connectivity index (χ1v) is 14.5. The summed E-state index contributed by atoms with van der Waals surface area (Å²) in [5.74, 6) is -2.26. The van der Waals surface area contributed by atoms with Gasteiger partial charge < -0.3 is 0 Å². The zero-order valence-corrected chi connectivity index (χ0v) is 21.6. The number of nitrogens with one attached hydrogen (secondary N) is 3. The first-order chi connectivity index (χ1) is 15.4. The van der Waals surface area contributed by atoms with Crippen LogP contribution in [0.5, 0.6) is 0 Å². The molecular formula is C22H34N4O5Sn. The van der Waals surface area contributed by atoms with Gasteiger partial charge in [0.15, 0.2) is 0 Å². The van der Waals surface area contributed by atoms with Crippen LogP contribution in [0.1, 0.15) is 58.3 Å². The molecule has 2 fully saturated rings. The Kier molecular flexibility index (Phi) is 11.2. The van der Waals surface area contributed by atoms with Crippen molar-refractivity contribution in [3.05, 3.63) is 12.7 Å². The van der Waals surface area contributed by atoms with Crippen LogP contribution >= 0.6 is 0 Å². The number of rotatable bonds is 11. The van der Waals surface area contributed by atoms with Gasteiger partial charge in [0.05, 0.1) is 0 Å². The molecule has 0 aromatic rings. The molecule has 2 radical (unpaired) electrons. The average Bonchev–Trinajstić information content (AvgIpc) is 3.29. The maximum atomic E-state index is 13.1. The first-order valence-electron chi connectivity index (χ1n) is 11.4. The standard InChI is InChI=1S/C16H23N4O5.C6H11.Sn/c1-3-7-17-15(24)13(22)9-18-14(23)12-6-5-8-20(12)16(25)11(4-2)19-10-21;1-2-4-6-5-3-1;/h3,11-12H,1,4-9H2,2H3,(H,17,24)(H,18,23)(H,19,21);1H,2-6H2;/t11-,12-;;/m0../s1. The van der Waals surface area contributed by atoms with E-state index in [9.17, 15) is 24.0 Å². The van der Waals surface area contributed by atoms with Crippen LogP contribution in [0.2, 0.25) is 3.93 Å². The van der Waals surface area contributed by atoms with Crippen molar-refractivity contribution in [3.8, 4) is 0 Å². The topological polar surface area (TPSA) is 125 Å². The molecule has 4 amide bonds. The molecule has 10 heteroatoms. The summed E-state index contributed by atoms with van der Waals surface area (Å²) < 4.78 is 0.600. The van der Waals surface area contributed by atoms with Crippen LogP contribution in [0, 0.1) is 0 Å². The van der Waals surface area contributed by atoms with E-state index < -0.39 is 57.4 Å². The second-order valence-electron chi connectivity index (χ2n) is 8.24. The van der Waals surface area contributed by atoms with Crippen LogP contribution in [-0.2, 0) is 19.2 Å². The SMILES string of the molecule is C=CCNC(=O)C(=O)CNC(=O)[C@@H]1CCCN1C(=O)[C@H](CC)N[C](=O)[Sn][CH]1CCCCC1. The summed E-state index contributed by atoms with van der Waals surface area (Å²) in [6.07, 6.45) is 8.95. The van der Waals surface area contributed by atoms with Gasteiger partial charge in [-0.15, -0.1) is 6.58 Å². The third kappa shape index (κ3) is 7.90. The van der Waals surface area contributed by atoms with E-state index in [-0.39, 0.29) is 16.4 Å². The van der Waals surface area contributed by atoms with Crippen molar-refractivity contribution in [1.29, 1.82) is 0 Å². The Morgan fingerprint density at radius 3 is 2.44 bits per heavy atom. The van der Waals surface area contributed by atoms with Crippen molar-refractivity contribution in [2.45, 2.75) is 74.3 Å². The van der Waals surface area contributed by atoms with Crippen molar-refractivity contribution >= 4 is 48.6 Å². The van der Waals surface area contributed by atoms with Gasteiger partial charge in [-0.1, -0.05) is 6.08 Å². The second kappa shape index (κ2) is 13.6. The molecular weight excluding hydrogens is 519 g/mol. The number of carbonyl (C=O) groups excluding carboxylic acids is 5. The molecule has 1 aliphatic heterocycles. The summed E-state index contributed by atoms with van der Waals surface area (Å²) >= 11 is -1.27. The molecule has 9 nitrogen and oxygen atoms in total. The number of Topliss-reactive ketones (excluding diaryl/α,β-unsaturated/α-hetero) is 1. The normalized spacial score (nSPS) is 19.7. The molecule has 176 valence electrons. The third-order valence-electron chi connectivity index (χ3n) is 5.87. The second-order valence-corrected chi connectivity index (χ2v) is 12.7. The van der Waals surface area contributed by atoms with Gasteiger partial charge in [-0.05, 0) is 0 Å². The van der Waals surface area contributed by atoms with Gasteiger partial charge in [-0.25, -0.2) is 0 Å². The van der Waals surface area contributed by atoms with E-state index in [0.29, 0.717) is 29.7 Å². The van der Waals surface area contributed by atoms with Gasteiger partial charge >= 0.3 is 181 Å². The van der Waals surface area contributed by atoms with Gasteiger partial charge in [-0.3, -0.25) is 0 Å². The summed E-state index contributed by atoms with van der Waals surface area (Å²) in [7, 11) is 0. The Bertz CT molecular complexity index is 723. The fourth-order valence-corrected chi connectivity index (χ4v) is 7.89. The van der Waals surface area contributed by atoms with E-state index in [1.165, 1.54) is 30.2 Å². The molecule has 32 heavy (non-hydrogen) atoms. The zero-order valence-electron chi connectivity index (χ0n) is 18.8. The number of ketones is 1. The third-order valence-corrected chi connectivity index (χ3v) is 9.85. The molecule has 1 saturated heterocycles. The molecule has 0 spiro atoms.